The molecule has 4 rings (SSSR count). The summed E-state index contributed by atoms with van der Waals surface area (Å²) in [6.07, 6.45) is -4.13. The molecular weight excluding hydrogens is 703 g/mol. The average molecular weight is 743 g/mol. The number of hydrogen-bond donors (Lipinski definition) is 4. The highest BCUT2D eigenvalue weighted by Crippen LogP contribution is 2.26. The number of hydrogen-bond acceptors (Lipinski definition) is 5. The molecule has 2 amide bonds. The van der Waals surface area contributed by atoms with Gasteiger partial charge in [0.25, 0.3) is 5.91 Å². The largest absolute Gasteiger partial charge is 0.508 e. The average Bonchev–Trinajstić information content (AvgIpc) is 3.07. The number of nitrogens with two attached hydrogens (primary N) is 1. The number of aliphatic carboxylic acids is 1. The van der Waals surface area contributed by atoms with Crippen molar-refractivity contribution in [2.45, 2.75) is 39.4 Å². The minimum Gasteiger partial charge on any atom is -0.508 e. The van der Waals surface area contributed by atoms with Crippen LogP contribution in [0.2, 0.25) is 0 Å². The number of aromatic hydroxyl groups is 1. The van der Waals surface area contributed by atoms with E-state index in [1.54, 1.807) is 12.1 Å². The fourth-order valence-corrected chi connectivity index (χ4v) is 4.85. The van der Waals surface area contributed by atoms with Gasteiger partial charge in [0.15, 0.2) is 0 Å². The summed E-state index contributed by atoms with van der Waals surface area (Å²) in [4.78, 5) is 37.5. The van der Waals surface area contributed by atoms with Gasteiger partial charge in [0.1, 0.15) is 5.75 Å². The first kappa shape index (κ1) is 38.8. The lowest BCUT2D eigenvalue weighted by atomic mass is 9.93. The Bertz CT molecular complexity index is 1710. The van der Waals surface area contributed by atoms with Crippen LogP contribution in [0.5, 0.6) is 5.75 Å². The van der Waals surface area contributed by atoms with Gasteiger partial charge >= 0.3 is 12.1 Å². The third kappa shape index (κ3) is 12.7. The SMILES string of the molecule is CC(C)(CN)CNC(=O)c1ccccc1-c1cccc(CN(CCc2ccc(O)cc2)C(=O)Cc2ccc(Br)cc2)c1.O=C(O)C(F)(F)F. The Morgan fingerprint density at radius 1 is 0.857 bits per heavy atom. The van der Waals surface area contributed by atoms with Crippen molar-refractivity contribution < 1.29 is 37.8 Å². The monoisotopic (exact) mass is 741 g/mol. The molecule has 0 aliphatic heterocycles. The molecule has 0 saturated heterocycles. The number of rotatable bonds is 12. The van der Waals surface area contributed by atoms with Crippen molar-refractivity contribution in [3.8, 4) is 16.9 Å². The Morgan fingerprint density at radius 3 is 2.08 bits per heavy atom. The number of benzene rings is 4. The number of alkyl halides is 3. The number of carbonyl (C=O) groups excluding carboxylic acids is 2. The van der Waals surface area contributed by atoms with E-state index < -0.39 is 12.1 Å². The number of carbonyl (C=O) groups is 3. The fraction of sp³-hybridized carbons (Fsp3) is 0.270. The quantitative estimate of drug-likeness (QED) is 0.124. The van der Waals surface area contributed by atoms with Crippen LogP contribution in [0.4, 0.5) is 13.2 Å². The summed E-state index contributed by atoms with van der Waals surface area (Å²) in [5, 5.41) is 19.8. The lowest BCUT2D eigenvalue weighted by Crippen LogP contribution is -2.38. The molecule has 5 N–H and O–H groups in total. The summed E-state index contributed by atoms with van der Waals surface area (Å²) in [5.41, 5.74) is 11.0. The zero-order valence-corrected chi connectivity index (χ0v) is 28.7. The molecule has 12 heteroatoms. The maximum atomic E-state index is 13.6. The maximum Gasteiger partial charge on any atom is 0.490 e. The molecule has 0 unspecified atom stereocenters. The highest BCUT2D eigenvalue weighted by atomic mass is 79.9. The van der Waals surface area contributed by atoms with Crippen LogP contribution in [0, 0.1) is 5.41 Å². The number of carboxylic acid groups (broad SMARTS) is 1. The first-order chi connectivity index (χ1) is 23.1. The summed E-state index contributed by atoms with van der Waals surface area (Å²) in [7, 11) is 0. The van der Waals surface area contributed by atoms with Crippen molar-refractivity contribution in [2.24, 2.45) is 11.1 Å². The highest BCUT2D eigenvalue weighted by Gasteiger charge is 2.38. The molecule has 0 aliphatic carbocycles. The molecule has 0 heterocycles. The molecule has 4 aromatic carbocycles. The van der Waals surface area contributed by atoms with Crippen LogP contribution in [0.15, 0.2) is 102 Å². The normalized spacial score (nSPS) is 11.2. The van der Waals surface area contributed by atoms with Gasteiger partial charge in [0, 0.05) is 29.7 Å². The van der Waals surface area contributed by atoms with Crippen LogP contribution in [0.25, 0.3) is 11.1 Å². The zero-order chi connectivity index (χ0) is 36.2. The standard InChI is InChI=1S/C35H38BrN3O3.C2HF3O2/c1-35(2,23-37)24-38-34(42)32-9-4-3-8-31(32)28-7-5-6-27(20-28)22-39(19-18-25-12-16-30(40)17-13-25)33(41)21-26-10-14-29(36)15-11-26;3-2(4,5)1(6)7/h3-17,20,40H,18-19,21-24,37H2,1-2H3,(H,38,42);(H,6,7). The number of nitrogens with one attached hydrogen (secondary N) is 1. The predicted molar refractivity (Wildman–Crippen MR) is 186 cm³/mol. The molecule has 0 aromatic heterocycles. The van der Waals surface area contributed by atoms with E-state index in [0.29, 0.717) is 44.6 Å². The Morgan fingerprint density at radius 2 is 1.47 bits per heavy atom. The molecule has 0 aliphatic rings. The molecule has 4 aromatic rings. The van der Waals surface area contributed by atoms with Crippen LogP contribution in [-0.4, -0.2) is 58.7 Å². The Labute approximate surface area is 291 Å². The van der Waals surface area contributed by atoms with Crippen molar-refractivity contribution >= 4 is 33.7 Å². The van der Waals surface area contributed by atoms with Crippen LogP contribution >= 0.6 is 15.9 Å². The highest BCUT2D eigenvalue weighted by molar-refractivity contribution is 9.10. The Kier molecular flexibility index (Phi) is 14.0. The third-order valence-corrected chi connectivity index (χ3v) is 8.06. The van der Waals surface area contributed by atoms with Gasteiger partial charge in [-0.3, -0.25) is 9.59 Å². The molecule has 49 heavy (non-hydrogen) atoms. The van der Waals surface area contributed by atoms with Crippen molar-refractivity contribution in [2.75, 3.05) is 19.6 Å². The smallest absolute Gasteiger partial charge is 0.490 e. The van der Waals surface area contributed by atoms with E-state index in [1.807, 2.05) is 97.6 Å². The lowest BCUT2D eigenvalue weighted by Gasteiger charge is -2.24. The number of halogens is 4. The van der Waals surface area contributed by atoms with Gasteiger partial charge in [-0.15, -0.1) is 0 Å². The number of phenols is 1. The van der Waals surface area contributed by atoms with Gasteiger partial charge in [-0.05, 0) is 82.6 Å². The summed E-state index contributed by atoms with van der Waals surface area (Å²) < 4.78 is 32.7. The second kappa shape index (κ2) is 17.6. The van der Waals surface area contributed by atoms with Gasteiger partial charge in [-0.25, -0.2) is 4.79 Å². The zero-order valence-electron chi connectivity index (χ0n) is 27.1. The van der Waals surface area contributed by atoms with E-state index >= 15 is 0 Å². The van der Waals surface area contributed by atoms with E-state index in [-0.39, 0.29) is 23.0 Å². The minimum absolute atomic E-state index is 0.0313. The van der Waals surface area contributed by atoms with E-state index in [0.717, 1.165) is 32.3 Å². The number of phenolic OH excluding ortho intramolecular Hbond substituents is 1. The van der Waals surface area contributed by atoms with Crippen molar-refractivity contribution in [1.82, 2.24) is 10.2 Å². The number of amides is 2. The molecule has 0 atom stereocenters. The second-order valence-electron chi connectivity index (χ2n) is 12.1. The van der Waals surface area contributed by atoms with Crippen molar-refractivity contribution in [1.29, 1.82) is 0 Å². The fourth-order valence-electron chi connectivity index (χ4n) is 4.58. The third-order valence-electron chi connectivity index (χ3n) is 7.53. The molecular formula is C37H39BrF3N3O5. The molecule has 0 saturated carbocycles. The van der Waals surface area contributed by atoms with Gasteiger partial charge in [0.05, 0.1) is 6.42 Å². The molecule has 0 fully saturated rings. The van der Waals surface area contributed by atoms with Gasteiger partial charge < -0.3 is 26.2 Å². The van der Waals surface area contributed by atoms with Gasteiger partial charge in [0.2, 0.25) is 5.91 Å². The predicted octanol–water partition coefficient (Wildman–Crippen LogP) is 6.98. The van der Waals surface area contributed by atoms with Crippen molar-refractivity contribution in [3.05, 3.63) is 124 Å². The van der Waals surface area contributed by atoms with E-state index in [9.17, 15) is 27.9 Å². The van der Waals surface area contributed by atoms with E-state index in [4.69, 9.17) is 15.6 Å². The van der Waals surface area contributed by atoms with Crippen LogP contribution in [0.1, 0.15) is 40.9 Å². The molecule has 0 bridgehead atoms. The lowest BCUT2D eigenvalue weighted by molar-refractivity contribution is -0.192. The van der Waals surface area contributed by atoms with E-state index in [2.05, 4.69) is 27.3 Å². The second-order valence-corrected chi connectivity index (χ2v) is 13.1. The number of carboxylic acids is 1. The van der Waals surface area contributed by atoms with Gasteiger partial charge in [-0.2, -0.15) is 13.2 Å². The summed E-state index contributed by atoms with van der Waals surface area (Å²) in [6.45, 7) is 5.96. The number of nitrogens with zero attached hydrogens (tertiary/aromatic N) is 1. The minimum atomic E-state index is -5.08. The molecule has 260 valence electrons. The van der Waals surface area contributed by atoms with Crippen molar-refractivity contribution in [3.63, 3.8) is 0 Å². The van der Waals surface area contributed by atoms with E-state index in [1.165, 1.54) is 0 Å². The molecule has 0 radical (unpaired) electrons. The Hall–Kier alpha value is -4.68. The van der Waals surface area contributed by atoms with Crippen LogP contribution in [0.3, 0.4) is 0 Å². The Balaban J connectivity index is 0.000000838. The van der Waals surface area contributed by atoms with Crippen LogP contribution in [-0.2, 0) is 29.0 Å². The van der Waals surface area contributed by atoms with Gasteiger partial charge in [-0.1, -0.05) is 90.4 Å². The first-order valence-electron chi connectivity index (χ1n) is 15.3. The maximum absolute atomic E-state index is 13.6. The summed E-state index contributed by atoms with van der Waals surface area (Å²) in [6, 6.07) is 30.5. The van der Waals surface area contributed by atoms with Crippen LogP contribution < -0.4 is 11.1 Å². The molecule has 8 nitrogen and oxygen atoms in total. The first-order valence-corrected chi connectivity index (χ1v) is 16.1. The topological polar surface area (TPSA) is 133 Å². The molecule has 0 spiro atoms. The summed E-state index contributed by atoms with van der Waals surface area (Å²) in [5.74, 6) is -2.65. The summed E-state index contributed by atoms with van der Waals surface area (Å²) >= 11 is 3.46.